The number of rotatable bonds is 4. The van der Waals surface area contributed by atoms with Crippen LogP contribution in [0.3, 0.4) is 0 Å². The van der Waals surface area contributed by atoms with Gasteiger partial charge in [-0.1, -0.05) is 108 Å². The molecular formula is C36H54CoN2O2. The molecule has 1 fully saturated rings. The number of hydrogen-bond acceptors (Lipinski definition) is 4. The Balaban J connectivity index is 0.00000588. The Bertz CT molecular complexity index is 1170. The maximum atomic E-state index is 11.2. The van der Waals surface area contributed by atoms with Gasteiger partial charge in [0.05, 0.1) is 12.1 Å². The fourth-order valence-electron chi connectivity index (χ4n) is 5.31. The van der Waals surface area contributed by atoms with E-state index in [1.807, 2.05) is 12.4 Å². The summed E-state index contributed by atoms with van der Waals surface area (Å²) in [5.41, 5.74) is 5.39. The average molecular weight is 606 g/mol. The van der Waals surface area contributed by atoms with Gasteiger partial charge in [-0.3, -0.25) is 9.98 Å². The SMILES string of the molecule is CC(C)(C)c1cc(C=N[C@H]2CCCC[C@H]2N=Cc2cc(C(C)(C)C)cc(C(C)(C)C)c2O)c(O)c(C(C)(C)C)c1.[Co]. The maximum absolute atomic E-state index is 11.2. The predicted molar refractivity (Wildman–Crippen MR) is 172 cm³/mol. The van der Waals surface area contributed by atoms with Crippen LogP contribution in [0, 0.1) is 0 Å². The van der Waals surface area contributed by atoms with Crippen molar-refractivity contribution in [2.24, 2.45) is 9.98 Å². The number of nitrogens with zero attached hydrogens (tertiary/aromatic N) is 2. The van der Waals surface area contributed by atoms with Gasteiger partial charge in [0.15, 0.2) is 0 Å². The molecule has 2 atom stereocenters. The third-order valence-electron chi connectivity index (χ3n) is 8.13. The quantitative estimate of drug-likeness (QED) is 0.342. The van der Waals surface area contributed by atoms with Gasteiger partial charge < -0.3 is 10.2 Å². The number of aromatic hydroxyl groups is 2. The Kier molecular flexibility index (Phi) is 10.8. The first-order valence-corrected chi connectivity index (χ1v) is 15.0. The van der Waals surface area contributed by atoms with Crippen LogP contribution >= 0.6 is 0 Å². The molecule has 5 heteroatoms. The topological polar surface area (TPSA) is 65.2 Å². The molecular weight excluding hydrogens is 551 g/mol. The molecule has 0 bridgehead atoms. The summed E-state index contributed by atoms with van der Waals surface area (Å²) in [5.74, 6) is 0.637. The number of hydrogen-bond donors (Lipinski definition) is 2. The van der Waals surface area contributed by atoms with Crippen LogP contribution in [-0.4, -0.2) is 34.7 Å². The third kappa shape index (κ3) is 8.70. The molecule has 0 spiro atoms. The Morgan fingerprint density at radius 3 is 1.15 bits per heavy atom. The molecule has 0 aliphatic heterocycles. The van der Waals surface area contributed by atoms with Gasteiger partial charge in [-0.05, 0) is 57.8 Å². The van der Waals surface area contributed by atoms with Crippen molar-refractivity contribution in [2.75, 3.05) is 0 Å². The van der Waals surface area contributed by atoms with E-state index in [-0.39, 0.29) is 50.5 Å². The molecule has 0 unspecified atom stereocenters. The van der Waals surface area contributed by atoms with Crippen molar-refractivity contribution >= 4 is 12.4 Å². The second kappa shape index (κ2) is 12.6. The Morgan fingerprint density at radius 2 is 0.878 bits per heavy atom. The molecule has 0 aromatic heterocycles. The first kappa shape index (κ1) is 35.1. The Labute approximate surface area is 260 Å². The fourth-order valence-corrected chi connectivity index (χ4v) is 5.31. The van der Waals surface area contributed by atoms with Crippen molar-refractivity contribution < 1.29 is 27.0 Å². The van der Waals surface area contributed by atoms with Crippen molar-refractivity contribution in [1.82, 2.24) is 0 Å². The molecule has 1 radical (unpaired) electrons. The van der Waals surface area contributed by atoms with E-state index in [0.29, 0.717) is 11.5 Å². The summed E-state index contributed by atoms with van der Waals surface area (Å²) < 4.78 is 0. The molecule has 0 heterocycles. The average Bonchev–Trinajstić information content (AvgIpc) is 2.80. The van der Waals surface area contributed by atoms with Crippen LogP contribution in [0.2, 0.25) is 0 Å². The predicted octanol–water partition coefficient (Wildman–Crippen LogP) is 9.13. The first-order chi connectivity index (χ1) is 18.2. The number of benzene rings is 2. The van der Waals surface area contributed by atoms with Crippen molar-refractivity contribution in [3.63, 3.8) is 0 Å². The fraction of sp³-hybridized carbons (Fsp3) is 0.611. The minimum Gasteiger partial charge on any atom is -0.507 e. The maximum Gasteiger partial charge on any atom is 0.128 e. The van der Waals surface area contributed by atoms with Gasteiger partial charge in [-0.25, -0.2) is 0 Å². The minimum atomic E-state index is -0.179. The molecule has 1 aliphatic carbocycles. The van der Waals surface area contributed by atoms with Crippen molar-refractivity contribution in [3.05, 3.63) is 57.6 Å². The van der Waals surface area contributed by atoms with Crippen molar-refractivity contribution in [2.45, 2.75) is 143 Å². The van der Waals surface area contributed by atoms with E-state index in [2.05, 4.69) is 107 Å². The van der Waals surface area contributed by atoms with Crippen molar-refractivity contribution in [3.8, 4) is 11.5 Å². The summed E-state index contributed by atoms with van der Waals surface area (Å²) in [4.78, 5) is 10.1. The molecule has 2 N–H and O–H groups in total. The number of aliphatic imine (C=N–C) groups is 2. The number of phenolic OH excluding ortho intramolecular Hbond substituents is 2. The molecule has 1 aliphatic rings. The first-order valence-electron chi connectivity index (χ1n) is 15.0. The zero-order chi connectivity index (χ0) is 30.3. The molecule has 1 saturated carbocycles. The van der Waals surface area contributed by atoms with Crippen LogP contribution in [0.4, 0.5) is 0 Å². The van der Waals surface area contributed by atoms with Crippen LogP contribution in [-0.2, 0) is 38.4 Å². The van der Waals surface area contributed by atoms with Crippen molar-refractivity contribution in [1.29, 1.82) is 0 Å². The van der Waals surface area contributed by atoms with Crippen LogP contribution in [0.1, 0.15) is 142 Å². The standard InChI is InChI=1S/C36H54N2O2.Co/c1-33(2,3)25-17-23(31(39)27(19-25)35(7,8)9)21-37-29-15-13-14-16-30(29)38-22-24-18-26(34(4,5)6)20-28(32(24)40)36(10,11)12;/h17-22,29-30,39-40H,13-16H2,1-12H3;/t29-,30+;. The van der Waals surface area contributed by atoms with E-state index in [4.69, 9.17) is 9.98 Å². The van der Waals surface area contributed by atoms with E-state index < -0.39 is 0 Å². The molecule has 229 valence electrons. The van der Waals surface area contributed by atoms with Crippen LogP contribution < -0.4 is 0 Å². The molecule has 0 amide bonds. The molecule has 0 saturated heterocycles. The van der Waals surface area contributed by atoms with E-state index in [1.54, 1.807) is 0 Å². The number of phenols is 2. The van der Waals surface area contributed by atoms with Gasteiger partial charge in [0, 0.05) is 51.5 Å². The van der Waals surface area contributed by atoms with Crippen LogP contribution in [0.25, 0.3) is 0 Å². The second-order valence-corrected chi connectivity index (χ2v) is 15.9. The van der Waals surface area contributed by atoms with Crippen LogP contribution in [0.5, 0.6) is 11.5 Å². The van der Waals surface area contributed by atoms with Gasteiger partial charge in [0.2, 0.25) is 0 Å². The normalized spacial score (nSPS) is 19.1. The van der Waals surface area contributed by atoms with Gasteiger partial charge in [0.1, 0.15) is 11.5 Å². The monoisotopic (exact) mass is 605 g/mol. The van der Waals surface area contributed by atoms with Gasteiger partial charge in [-0.2, -0.15) is 0 Å². The van der Waals surface area contributed by atoms with Crippen LogP contribution in [0.15, 0.2) is 34.3 Å². The molecule has 4 nitrogen and oxygen atoms in total. The zero-order valence-corrected chi connectivity index (χ0v) is 28.6. The minimum absolute atomic E-state index is 0. The van der Waals surface area contributed by atoms with E-state index in [9.17, 15) is 10.2 Å². The van der Waals surface area contributed by atoms with Gasteiger partial charge in [0.25, 0.3) is 0 Å². The molecule has 2 aromatic rings. The van der Waals surface area contributed by atoms with E-state index >= 15 is 0 Å². The summed E-state index contributed by atoms with van der Waals surface area (Å²) in [6, 6.07) is 8.53. The Morgan fingerprint density at radius 1 is 0.561 bits per heavy atom. The molecule has 41 heavy (non-hydrogen) atoms. The summed E-state index contributed by atoms with van der Waals surface area (Å²) in [6.45, 7) is 26.0. The summed E-state index contributed by atoms with van der Waals surface area (Å²) in [7, 11) is 0. The summed E-state index contributed by atoms with van der Waals surface area (Å²) in [6.07, 6.45) is 7.90. The van der Waals surface area contributed by atoms with Gasteiger partial charge >= 0.3 is 0 Å². The summed E-state index contributed by atoms with van der Waals surface area (Å²) in [5, 5.41) is 22.5. The van der Waals surface area contributed by atoms with E-state index in [0.717, 1.165) is 47.9 Å². The largest absolute Gasteiger partial charge is 0.507 e. The Hall–Kier alpha value is -2.11. The van der Waals surface area contributed by atoms with Gasteiger partial charge in [-0.15, -0.1) is 0 Å². The third-order valence-corrected chi connectivity index (χ3v) is 8.13. The zero-order valence-electron chi connectivity index (χ0n) is 27.6. The second-order valence-electron chi connectivity index (χ2n) is 15.9. The molecule has 3 rings (SSSR count). The summed E-state index contributed by atoms with van der Waals surface area (Å²) >= 11 is 0. The van der Waals surface area contributed by atoms with E-state index in [1.165, 1.54) is 11.1 Å². The molecule has 2 aromatic carbocycles. The smallest absolute Gasteiger partial charge is 0.128 e.